The van der Waals surface area contributed by atoms with Crippen LogP contribution in [0.4, 0.5) is 15.8 Å². The summed E-state index contributed by atoms with van der Waals surface area (Å²) in [5.41, 5.74) is 1.15. The third-order valence-electron chi connectivity index (χ3n) is 3.83. The zero-order valence-electron chi connectivity index (χ0n) is 14.5. The summed E-state index contributed by atoms with van der Waals surface area (Å²) in [5, 5.41) is 13.5. The van der Waals surface area contributed by atoms with Crippen LogP contribution in [0.2, 0.25) is 5.02 Å². The molecule has 0 saturated carbocycles. The minimum Gasteiger partial charge on any atom is -0.455 e. The summed E-state index contributed by atoms with van der Waals surface area (Å²) in [5.74, 6) is -2.27. The highest BCUT2D eigenvalue weighted by atomic mass is 35.5. The molecule has 7 nitrogen and oxygen atoms in total. The van der Waals surface area contributed by atoms with E-state index in [0.717, 1.165) is 11.6 Å². The second-order valence-electron chi connectivity index (χ2n) is 5.80. The van der Waals surface area contributed by atoms with Crippen molar-refractivity contribution in [2.24, 2.45) is 0 Å². The van der Waals surface area contributed by atoms with Crippen LogP contribution in [-0.2, 0) is 20.7 Å². The molecule has 0 radical (unpaired) electrons. The van der Waals surface area contributed by atoms with Gasteiger partial charge in [-0.25, -0.2) is 4.39 Å². The van der Waals surface area contributed by atoms with Gasteiger partial charge in [-0.15, -0.1) is 0 Å². The molecule has 2 rings (SSSR count). The van der Waals surface area contributed by atoms with Gasteiger partial charge in [0.1, 0.15) is 11.5 Å². The number of carbonyl (C=O) groups excluding carboxylic acids is 2. The summed E-state index contributed by atoms with van der Waals surface area (Å²) >= 11 is 5.83. The molecule has 0 fully saturated rings. The molecule has 1 N–H and O–H groups in total. The number of amides is 1. The van der Waals surface area contributed by atoms with Crippen molar-refractivity contribution in [2.75, 3.05) is 11.9 Å². The fraction of sp³-hybridized carbons (Fsp3) is 0.222. The van der Waals surface area contributed by atoms with Crippen LogP contribution in [0.5, 0.6) is 0 Å². The predicted molar refractivity (Wildman–Crippen MR) is 97.3 cm³/mol. The molecule has 142 valence electrons. The fourth-order valence-corrected chi connectivity index (χ4v) is 2.51. The molecule has 1 amide bonds. The number of aryl methyl sites for hydroxylation is 2. The molecular weight excluding hydrogens is 379 g/mol. The van der Waals surface area contributed by atoms with Crippen LogP contribution in [0.3, 0.4) is 0 Å². The van der Waals surface area contributed by atoms with Gasteiger partial charge in [-0.2, -0.15) is 0 Å². The Morgan fingerprint density at radius 1 is 1.26 bits per heavy atom. The zero-order chi connectivity index (χ0) is 20.1. The largest absolute Gasteiger partial charge is 0.455 e. The van der Waals surface area contributed by atoms with Gasteiger partial charge in [0.2, 0.25) is 0 Å². The van der Waals surface area contributed by atoms with Crippen LogP contribution in [0.25, 0.3) is 0 Å². The van der Waals surface area contributed by atoms with Crippen molar-refractivity contribution >= 4 is 34.9 Å². The SMILES string of the molecule is Cc1cc(NC(=O)COC(=O)Cc2c(F)cccc2Cl)c([N+](=O)[O-])cc1C. The van der Waals surface area contributed by atoms with Gasteiger partial charge < -0.3 is 10.1 Å². The second-order valence-corrected chi connectivity index (χ2v) is 6.20. The molecule has 0 saturated heterocycles. The molecule has 0 aliphatic carbocycles. The van der Waals surface area contributed by atoms with Crippen LogP contribution < -0.4 is 5.32 Å². The summed E-state index contributed by atoms with van der Waals surface area (Å²) in [7, 11) is 0. The Bertz CT molecular complexity index is 897. The highest BCUT2D eigenvalue weighted by Crippen LogP contribution is 2.28. The van der Waals surface area contributed by atoms with Crippen molar-refractivity contribution in [2.45, 2.75) is 20.3 Å². The summed E-state index contributed by atoms with van der Waals surface area (Å²) in [6.07, 6.45) is -0.442. The summed E-state index contributed by atoms with van der Waals surface area (Å²) < 4.78 is 18.5. The molecule has 0 unspecified atom stereocenters. The van der Waals surface area contributed by atoms with E-state index in [4.69, 9.17) is 16.3 Å². The molecule has 0 aliphatic heterocycles. The van der Waals surface area contributed by atoms with Crippen LogP contribution in [-0.4, -0.2) is 23.4 Å². The first-order valence-corrected chi connectivity index (χ1v) is 8.21. The fourth-order valence-electron chi connectivity index (χ4n) is 2.28. The lowest BCUT2D eigenvalue weighted by atomic mass is 10.1. The number of esters is 1. The van der Waals surface area contributed by atoms with Gasteiger partial charge in [0.25, 0.3) is 11.6 Å². The molecule has 0 aromatic heterocycles. The maximum Gasteiger partial charge on any atom is 0.310 e. The van der Waals surface area contributed by atoms with Crippen LogP contribution >= 0.6 is 11.6 Å². The van der Waals surface area contributed by atoms with Gasteiger partial charge in [-0.1, -0.05) is 17.7 Å². The topological polar surface area (TPSA) is 98.5 Å². The lowest BCUT2D eigenvalue weighted by Crippen LogP contribution is -2.22. The van der Waals surface area contributed by atoms with E-state index in [-0.39, 0.29) is 22.0 Å². The van der Waals surface area contributed by atoms with E-state index in [2.05, 4.69) is 5.32 Å². The molecule has 0 atom stereocenters. The highest BCUT2D eigenvalue weighted by molar-refractivity contribution is 6.31. The molecule has 0 aliphatic rings. The van der Waals surface area contributed by atoms with E-state index in [1.54, 1.807) is 13.8 Å². The summed E-state index contributed by atoms with van der Waals surface area (Å²) in [6.45, 7) is 2.78. The van der Waals surface area contributed by atoms with E-state index in [1.807, 2.05) is 0 Å². The van der Waals surface area contributed by atoms with E-state index in [1.165, 1.54) is 24.3 Å². The molecular formula is C18H16ClFN2O5. The summed E-state index contributed by atoms with van der Waals surface area (Å²) in [6, 6.07) is 6.79. The number of halogens is 2. The number of rotatable bonds is 6. The number of hydrogen-bond acceptors (Lipinski definition) is 5. The molecule has 2 aromatic rings. The van der Waals surface area contributed by atoms with Crippen LogP contribution in [0.15, 0.2) is 30.3 Å². The maximum absolute atomic E-state index is 13.7. The lowest BCUT2D eigenvalue weighted by Gasteiger charge is -2.10. The Morgan fingerprint density at radius 2 is 1.93 bits per heavy atom. The minimum atomic E-state index is -0.855. The van der Waals surface area contributed by atoms with Gasteiger partial charge in [0.05, 0.1) is 11.3 Å². The Kier molecular flexibility index (Phi) is 6.46. The number of nitro benzene ring substituents is 1. The number of hydrogen-bond donors (Lipinski definition) is 1. The molecule has 0 heterocycles. The Hall–Kier alpha value is -3.00. The van der Waals surface area contributed by atoms with E-state index in [0.29, 0.717) is 5.56 Å². The first kappa shape index (κ1) is 20.3. The van der Waals surface area contributed by atoms with Crippen molar-refractivity contribution in [1.29, 1.82) is 0 Å². The van der Waals surface area contributed by atoms with Gasteiger partial charge in [0, 0.05) is 16.7 Å². The number of anilines is 1. The Balaban J connectivity index is 2.00. The average Bonchev–Trinajstić information content (AvgIpc) is 2.59. The molecule has 0 spiro atoms. The normalized spacial score (nSPS) is 10.4. The zero-order valence-corrected chi connectivity index (χ0v) is 15.3. The van der Waals surface area contributed by atoms with Crippen molar-refractivity contribution in [3.8, 4) is 0 Å². The van der Waals surface area contributed by atoms with Gasteiger partial charge in [-0.3, -0.25) is 19.7 Å². The number of carbonyl (C=O) groups is 2. The van der Waals surface area contributed by atoms with Gasteiger partial charge in [-0.05, 0) is 43.2 Å². The van der Waals surface area contributed by atoms with Crippen LogP contribution in [0, 0.1) is 29.8 Å². The van der Waals surface area contributed by atoms with Crippen molar-refractivity contribution in [3.63, 3.8) is 0 Å². The average molecular weight is 395 g/mol. The van der Waals surface area contributed by atoms with E-state index >= 15 is 0 Å². The van der Waals surface area contributed by atoms with E-state index in [9.17, 15) is 24.1 Å². The standard InChI is InChI=1S/C18H16ClFN2O5/c1-10-6-15(16(22(25)26)7-11(10)2)21-17(23)9-27-18(24)8-12-13(19)4-3-5-14(12)20/h3-7H,8-9H2,1-2H3,(H,21,23). The quantitative estimate of drug-likeness (QED) is 0.457. The summed E-state index contributed by atoms with van der Waals surface area (Å²) in [4.78, 5) is 34.3. The number of ether oxygens (including phenoxy) is 1. The van der Waals surface area contributed by atoms with Crippen molar-refractivity contribution in [3.05, 3.63) is 68.0 Å². The number of nitrogens with zero attached hydrogens (tertiary/aromatic N) is 1. The highest BCUT2D eigenvalue weighted by Gasteiger charge is 2.19. The van der Waals surface area contributed by atoms with Crippen molar-refractivity contribution in [1.82, 2.24) is 0 Å². The first-order valence-electron chi connectivity index (χ1n) is 7.83. The van der Waals surface area contributed by atoms with E-state index < -0.39 is 35.6 Å². The van der Waals surface area contributed by atoms with Crippen LogP contribution in [0.1, 0.15) is 16.7 Å². The molecule has 9 heteroatoms. The Morgan fingerprint density at radius 3 is 2.56 bits per heavy atom. The molecule has 2 aromatic carbocycles. The lowest BCUT2D eigenvalue weighted by molar-refractivity contribution is -0.384. The molecule has 0 bridgehead atoms. The molecule has 27 heavy (non-hydrogen) atoms. The monoisotopic (exact) mass is 394 g/mol. The Labute approximate surface area is 159 Å². The third kappa shape index (κ3) is 5.24. The number of nitro groups is 1. The third-order valence-corrected chi connectivity index (χ3v) is 4.18. The smallest absolute Gasteiger partial charge is 0.310 e. The first-order chi connectivity index (χ1) is 12.7. The number of benzene rings is 2. The second kappa shape index (κ2) is 8.59. The minimum absolute atomic E-state index is 0.00120. The van der Waals surface area contributed by atoms with Gasteiger partial charge >= 0.3 is 5.97 Å². The van der Waals surface area contributed by atoms with Gasteiger partial charge in [0.15, 0.2) is 6.61 Å². The van der Waals surface area contributed by atoms with Crippen molar-refractivity contribution < 1.29 is 23.6 Å². The predicted octanol–water partition coefficient (Wildman–Crippen LogP) is 3.73. The maximum atomic E-state index is 13.7. The number of nitrogens with one attached hydrogen (secondary N) is 1.